The molecule has 0 aromatic heterocycles. The summed E-state index contributed by atoms with van der Waals surface area (Å²) < 4.78 is 6.43. The van der Waals surface area contributed by atoms with Gasteiger partial charge >= 0.3 is 0 Å². The van der Waals surface area contributed by atoms with E-state index in [1.807, 2.05) is 0 Å². The number of benzene rings is 1. The van der Waals surface area contributed by atoms with E-state index in [4.69, 9.17) is 4.74 Å². The molecule has 0 fully saturated rings. The lowest BCUT2D eigenvalue weighted by Crippen LogP contribution is -2.22. The Hall–Kier alpha value is -1.08. The Bertz CT molecular complexity index is 518. The van der Waals surface area contributed by atoms with Crippen LogP contribution in [-0.4, -0.2) is 0 Å². The normalized spacial score (nSPS) is 34.5. The van der Waals surface area contributed by atoms with Crippen LogP contribution in [0.1, 0.15) is 49.9 Å². The molecule has 0 aliphatic carbocycles. The fourth-order valence-electron chi connectivity index (χ4n) is 3.79. The molecule has 2 aliphatic rings. The van der Waals surface area contributed by atoms with Gasteiger partial charge in [-0.2, -0.15) is 0 Å². The van der Waals surface area contributed by atoms with Crippen LogP contribution in [0.5, 0.6) is 0 Å². The maximum Gasteiger partial charge on any atom is 0.114 e. The quantitative estimate of drug-likeness (QED) is 0.607. The molecule has 0 spiro atoms. The molecule has 2 bridgehead atoms. The second kappa shape index (κ2) is 2.84. The van der Waals surface area contributed by atoms with Gasteiger partial charge in [0.15, 0.2) is 0 Å². The maximum absolute atomic E-state index is 6.43. The standard InChI is InChI=1S/C16H20O/c1-9-7-8-10(2)14-13(9)15(5)11(3)12(4)16(14,6)17-15/h7-8H,1-6H3/t15-,16+. The number of fused-ring (bicyclic) bond motifs is 5. The highest BCUT2D eigenvalue weighted by Gasteiger charge is 2.57. The van der Waals surface area contributed by atoms with Crippen LogP contribution in [0.2, 0.25) is 0 Å². The third-order valence-electron chi connectivity index (χ3n) is 4.98. The molecular weight excluding hydrogens is 208 g/mol. The predicted molar refractivity (Wildman–Crippen MR) is 70.1 cm³/mol. The summed E-state index contributed by atoms with van der Waals surface area (Å²) in [6.07, 6.45) is 0. The third-order valence-corrected chi connectivity index (χ3v) is 4.98. The second-order valence-corrected chi connectivity index (χ2v) is 5.87. The molecule has 0 saturated carbocycles. The molecule has 1 heteroatoms. The highest BCUT2D eigenvalue weighted by Crippen LogP contribution is 2.61. The number of hydrogen-bond donors (Lipinski definition) is 0. The first kappa shape index (κ1) is 11.0. The van der Waals surface area contributed by atoms with Crippen LogP contribution in [0.4, 0.5) is 0 Å². The summed E-state index contributed by atoms with van der Waals surface area (Å²) in [4.78, 5) is 0. The highest BCUT2D eigenvalue weighted by atomic mass is 16.5. The van der Waals surface area contributed by atoms with Gasteiger partial charge in [-0.1, -0.05) is 12.1 Å². The smallest absolute Gasteiger partial charge is 0.114 e. The SMILES string of the molecule is CC1=C(C)[C@@]2(C)O[C@]1(C)c1c(C)ccc(C)c12. The van der Waals surface area contributed by atoms with E-state index in [0.717, 1.165) is 0 Å². The lowest BCUT2D eigenvalue weighted by atomic mass is 9.72. The van der Waals surface area contributed by atoms with Crippen molar-refractivity contribution in [2.24, 2.45) is 0 Å². The van der Waals surface area contributed by atoms with Crippen molar-refractivity contribution in [3.05, 3.63) is 45.5 Å². The van der Waals surface area contributed by atoms with E-state index in [0.29, 0.717) is 0 Å². The predicted octanol–water partition coefficient (Wildman–Crippen LogP) is 4.11. The molecular formula is C16H20O. The van der Waals surface area contributed by atoms with Crippen molar-refractivity contribution >= 4 is 0 Å². The van der Waals surface area contributed by atoms with Crippen molar-refractivity contribution in [3.8, 4) is 0 Å². The van der Waals surface area contributed by atoms with Gasteiger partial charge in [-0.15, -0.1) is 0 Å². The summed E-state index contributed by atoms with van der Waals surface area (Å²) >= 11 is 0. The van der Waals surface area contributed by atoms with Crippen molar-refractivity contribution in [1.29, 1.82) is 0 Å². The average Bonchev–Trinajstić information content (AvgIpc) is 2.61. The Kier molecular flexibility index (Phi) is 1.84. The fraction of sp³-hybridized carbons (Fsp3) is 0.500. The number of aryl methyl sites for hydroxylation is 2. The van der Waals surface area contributed by atoms with Crippen LogP contribution in [-0.2, 0) is 15.9 Å². The molecule has 0 amide bonds. The first-order valence-electron chi connectivity index (χ1n) is 6.32. The minimum Gasteiger partial charge on any atom is -0.351 e. The number of ether oxygens (including phenoxy) is 1. The van der Waals surface area contributed by atoms with Gasteiger partial charge in [-0.3, -0.25) is 0 Å². The molecule has 3 rings (SSSR count). The van der Waals surface area contributed by atoms with Crippen LogP contribution in [0.15, 0.2) is 23.3 Å². The third kappa shape index (κ3) is 0.999. The van der Waals surface area contributed by atoms with Gasteiger partial charge in [-0.25, -0.2) is 0 Å². The summed E-state index contributed by atoms with van der Waals surface area (Å²) in [5.41, 5.74) is 7.88. The second-order valence-electron chi connectivity index (χ2n) is 5.87. The molecule has 2 heterocycles. The molecule has 90 valence electrons. The van der Waals surface area contributed by atoms with Crippen molar-refractivity contribution in [2.75, 3.05) is 0 Å². The van der Waals surface area contributed by atoms with Crippen molar-refractivity contribution in [3.63, 3.8) is 0 Å². The Balaban J connectivity index is 2.45. The van der Waals surface area contributed by atoms with Crippen LogP contribution in [0.3, 0.4) is 0 Å². The van der Waals surface area contributed by atoms with Crippen LogP contribution >= 0.6 is 0 Å². The van der Waals surface area contributed by atoms with E-state index in [1.165, 1.54) is 33.4 Å². The van der Waals surface area contributed by atoms with Crippen molar-refractivity contribution < 1.29 is 4.74 Å². The van der Waals surface area contributed by atoms with E-state index >= 15 is 0 Å². The first-order chi connectivity index (χ1) is 7.82. The minimum absolute atomic E-state index is 0.204. The Morgan fingerprint density at radius 3 is 1.47 bits per heavy atom. The van der Waals surface area contributed by atoms with Crippen molar-refractivity contribution in [2.45, 2.75) is 52.7 Å². The van der Waals surface area contributed by atoms with Gasteiger partial charge in [0.05, 0.1) is 0 Å². The zero-order valence-corrected chi connectivity index (χ0v) is 11.6. The molecule has 2 aliphatic heterocycles. The number of hydrogen-bond acceptors (Lipinski definition) is 1. The van der Waals surface area contributed by atoms with Gasteiger partial charge in [0.2, 0.25) is 0 Å². The first-order valence-corrected chi connectivity index (χ1v) is 6.32. The zero-order valence-electron chi connectivity index (χ0n) is 11.6. The van der Waals surface area contributed by atoms with Gasteiger partial charge in [0, 0.05) is 0 Å². The van der Waals surface area contributed by atoms with E-state index in [-0.39, 0.29) is 11.2 Å². The maximum atomic E-state index is 6.43. The Morgan fingerprint density at radius 2 is 1.12 bits per heavy atom. The van der Waals surface area contributed by atoms with Crippen LogP contribution < -0.4 is 0 Å². The molecule has 1 aromatic carbocycles. The van der Waals surface area contributed by atoms with Crippen LogP contribution in [0, 0.1) is 13.8 Å². The number of rotatable bonds is 0. The minimum atomic E-state index is -0.204. The topological polar surface area (TPSA) is 9.23 Å². The van der Waals surface area contributed by atoms with E-state index in [9.17, 15) is 0 Å². The lowest BCUT2D eigenvalue weighted by Gasteiger charge is -2.28. The molecule has 0 N–H and O–H groups in total. The van der Waals surface area contributed by atoms with E-state index in [1.54, 1.807) is 0 Å². The largest absolute Gasteiger partial charge is 0.351 e. The fourth-order valence-corrected chi connectivity index (χ4v) is 3.79. The monoisotopic (exact) mass is 228 g/mol. The molecule has 0 saturated heterocycles. The summed E-state index contributed by atoms with van der Waals surface area (Å²) in [7, 11) is 0. The molecule has 0 radical (unpaired) electrons. The lowest BCUT2D eigenvalue weighted by molar-refractivity contribution is -0.0582. The molecule has 17 heavy (non-hydrogen) atoms. The van der Waals surface area contributed by atoms with Gasteiger partial charge < -0.3 is 4.74 Å². The highest BCUT2D eigenvalue weighted by molar-refractivity contribution is 5.61. The average molecular weight is 228 g/mol. The van der Waals surface area contributed by atoms with Gasteiger partial charge in [0.25, 0.3) is 0 Å². The summed E-state index contributed by atoms with van der Waals surface area (Å²) in [6.45, 7) is 13.3. The zero-order chi connectivity index (χ0) is 12.6. The summed E-state index contributed by atoms with van der Waals surface area (Å²) in [5, 5.41) is 0. The molecule has 1 aromatic rings. The van der Waals surface area contributed by atoms with E-state index < -0.39 is 0 Å². The molecule has 1 nitrogen and oxygen atoms in total. The summed E-state index contributed by atoms with van der Waals surface area (Å²) in [6, 6.07) is 4.44. The van der Waals surface area contributed by atoms with Gasteiger partial charge in [0.1, 0.15) is 11.2 Å². The summed E-state index contributed by atoms with van der Waals surface area (Å²) in [5.74, 6) is 0. The van der Waals surface area contributed by atoms with Crippen molar-refractivity contribution in [1.82, 2.24) is 0 Å². The molecule has 2 atom stereocenters. The van der Waals surface area contributed by atoms with Crippen LogP contribution in [0.25, 0.3) is 0 Å². The Labute approximate surface area is 103 Å². The Morgan fingerprint density at radius 1 is 0.765 bits per heavy atom. The van der Waals surface area contributed by atoms with Gasteiger partial charge in [-0.05, 0) is 74.9 Å². The van der Waals surface area contributed by atoms with E-state index in [2.05, 4.69) is 53.7 Å². The molecule has 0 unspecified atom stereocenters.